The lowest BCUT2D eigenvalue weighted by Crippen LogP contribution is -2.52. The van der Waals surface area contributed by atoms with Crippen LogP contribution in [0.2, 0.25) is 0 Å². The quantitative estimate of drug-likeness (QED) is 0.759. The van der Waals surface area contributed by atoms with Crippen LogP contribution in [0.4, 0.5) is 0 Å². The average Bonchev–Trinajstić information content (AvgIpc) is 2.60. The van der Waals surface area contributed by atoms with Crippen molar-refractivity contribution in [2.75, 3.05) is 13.1 Å². The Morgan fingerprint density at radius 2 is 1.67 bits per heavy atom. The first-order valence-corrected chi connectivity index (χ1v) is 10.0. The van der Waals surface area contributed by atoms with E-state index >= 15 is 0 Å². The molecule has 27 heavy (non-hydrogen) atoms. The van der Waals surface area contributed by atoms with Crippen molar-refractivity contribution < 1.29 is 14.4 Å². The van der Waals surface area contributed by atoms with E-state index in [1.165, 1.54) is 0 Å². The lowest BCUT2D eigenvalue weighted by atomic mass is 9.95. The molecule has 0 aromatic heterocycles. The Kier molecular flexibility index (Phi) is 7.03. The van der Waals surface area contributed by atoms with Crippen molar-refractivity contribution in [3.8, 4) is 0 Å². The second-order valence-electron chi connectivity index (χ2n) is 8.04. The molecule has 1 aromatic carbocycles. The van der Waals surface area contributed by atoms with Gasteiger partial charge in [-0.2, -0.15) is 0 Å². The maximum Gasteiger partial charge on any atom is 0.253 e. The van der Waals surface area contributed by atoms with Crippen LogP contribution in [0.3, 0.4) is 0 Å². The van der Waals surface area contributed by atoms with E-state index < -0.39 is 6.04 Å². The van der Waals surface area contributed by atoms with Gasteiger partial charge in [-0.15, -0.1) is 0 Å². The lowest BCUT2D eigenvalue weighted by molar-refractivity contribution is -0.132. The molecular formula is C20H28BrN3O3. The smallest absolute Gasteiger partial charge is 0.253 e. The highest BCUT2D eigenvalue weighted by molar-refractivity contribution is 9.10. The maximum absolute atomic E-state index is 12.5. The normalized spacial score (nSPS) is 16.6. The molecule has 1 aliphatic heterocycles. The molecule has 3 amide bonds. The van der Waals surface area contributed by atoms with Crippen LogP contribution in [0.5, 0.6) is 0 Å². The SMILES string of the molecule is CC(NC(=O)C1CCN(C(=O)c2ccc(Br)cc2)CC1)C(=O)NC(C)(C)C. The van der Waals surface area contributed by atoms with Gasteiger partial charge in [0.25, 0.3) is 5.91 Å². The van der Waals surface area contributed by atoms with Crippen molar-refractivity contribution in [2.45, 2.75) is 52.1 Å². The molecule has 0 radical (unpaired) electrons. The van der Waals surface area contributed by atoms with Gasteiger partial charge in [-0.25, -0.2) is 0 Å². The molecule has 148 valence electrons. The molecule has 2 N–H and O–H groups in total. The number of likely N-dealkylation sites (tertiary alicyclic amines) is 1. The number of nitrogens with zero attached hydrogens (tertiary/aromatic N) is 1. The number of benzene rings is 1. The predicted molar refractivity (Wildman–Crippen MR) is 108 cm³/mol. The fraction of sp³-hybridized carbons (Fsp3) is 0.550. The average molecular weight is 438 g/mol. The van der Waals surface area contributed by atoms with E-state index in [0.29, 0.717) is 31.5 Å². The fourth-order valence-electron chi connectivity index (χ4n) is 2.99. The van der Waals surface area contributed by atoms with Gasteiger partial charge in [0.1, 0.15) is 6.04 Å². The zero-order valence-corrected chi connectivity index (χ0v) is 17.9. The second-order valence-corrected chi connectivity index (χ2v) is 8.96. The van der Waals surface area contributed by atoms with E-state index in [1.807, 2.05) is 32.9 Å². The summed E-state index contributed by atoms with van der Waals surface area (Å²) in [4.78, 5) is 38.9. The number of halogens is 1. The summed E-state index contributed by atoms with van der Waals surface area (Å²) < 4.78 is 0.930. The molecule has 2 rings (SSSR count). The topological polar surface area (TPSA) is 78.5 Å². The van der Waals surface area contributed by atoms with Gasteiger partial charge in [-0.1, -0.05) is 15.9 Å². The molecular weight excluding hydrogens is 410 g/mol. The predicted octanol–water partition coefficient (Wildman–Crippen LogP) is 2.72. The number of hydrogen-bond donors (Lipinski definition) is 2. The molecule has 1 heterocycles. The number of rotatable bonds is 4. The van der Waals surface area contributed by atoms with E-state index in [0.717, 1.165) is 4.47 Å². The van der Waals surface area contributed by atoms with Gasteiger partial charge in [0, 0.05) is 34.6 Å². The summed E-state index contributed by atoms with van der Waals surface area (Å²) in [5.74, 6) is -0.510. The molecule has 1 atom stereocenters. The number of amides is 3. The summed E-state index contributed by atoms with van der Waals surface area (Å²) in [5.41, 5.74) is 0.308. The molecule has 0 aliphatic carbocycles. The standard InChI is InChI=1S/C20H28BrN3O3/c1-13(17(25)23-20(2,3)4)22-18(26)14-9-11-24(12-10-14)19(27)15-5-7-16(21)8-6-15/h5-8,13-14H,9-12H2,1-4H3,(H,22,26)(H,23,25). The van der Waals surface area contributed by atoms with Gasteiger partial charge in [0.15, 0.2) is 0 Å². The van der Waals surface area contributed by atoms with E-state index in [1.54, 1.807) is 24.0 Å². The number of hydrogen-bond acceptors (Lipinski definition) is 3. The molecule has 1 fully saturated rings. The highest BCUT2D eigenvalue weighted by Crippen LogP contribution is 2.20. The molecule has 0 bridgehead atoms. The van der Waals surface area contributed by atoms with E-state index in [9.17, 15) is 14.4 Å². The summed E-state index contributed by atoms with van der Waals surface area (Å²) in [6, 6.07) is 6.69. The van der Waals surface area contributed by atoms with Crippen LogP contribution in [0.15, 0.2) is 28.7 Å². The monoisotopic (exact) mass is 437 g/mol. The fourth-order valence-corrected chi connectivity index (χ4v) is 3.26. The minimum absolute atomic E-state index is 0.0146. The summed E-state index contributed by atoms with van der Waals surface area (Å²) in [6.45, 7) is 8.46. The van der Waals surface area contributed by atoms with Crippen LogP contribution in [0.25, 0.3) is 0 Å². The van der Waals surface area contributed by atoms with Gasteiger partial charge in [-0.3, -0.25) is 14.4 Å². The van der Waals surface area contributed by atoms with Crippen molar-refractivity contribution in [2.24, 2.45) is 5.92 Å². The van der Waals surface area contributed by atoms with Crippen molar-refractivity contribution in [3.05, 3.63) is 34.3 Å². The summed E-state index contributed by atoms with van der Waals surface area (Å²) in [6.07, 6.45) is 1.20. The van der Waals surface area contributed by atoms with Crippen LogP contribution in [0, 0.1) is 5.92 Å². The third-order valence-corrected chi connectivity index (χ3v) is 5.02. The molecule has 0 spiro atoms. The Labute approximate surface area is 169 Å². The van der Waals surface area contributed by atoms with Crippen LogP contribution >= 0.6 is 15.9 Å². The Morgan fingerprint density at radius 3 is 2.19 bits per heavy atom. The van der Waals surface area contributed by atoms with Crippen molar-refractivity contribution in [1.29, 1.82) is 0 Å². The molecule has 1 saturated heterocycles. The van der Waals surface area contributed by atoms with Crippen LogP contribution < -0.4 is 10.6 Å². The number of carbonyl (C=O) groups is 3. The number of piperidine rings is 1. The van der Waals surface area contributed by atoms with E-state index in [-0.39, 0.29) is 29.2 Å². The van der Waals surface area contributed by atoms with Gasteiger partial charge in [0.05, 0.1) is 0 Å². The van der Waals surface area contributed by atoms with E-state index in [4.69, 9.17) is 0 Å². The van der Waals surface area contributed by atoms with Gasteiger partial charge < -0.3 is 15.5 Å². The molecule has 6 nitrogen and oxygen atoms in total. The Hall–Kier alpha value is -1.89. The van der Waals surface area contributed by atoms with Gasteiger partial charge in [-0.05, 0) is 64.8 Å². The van der Waals surface area contributed by atoms with Crippen molar-refractivity contribution >= 4 is 33.7 Å². The zero-order valence-electron chi connectivity index (χ0n) is 16.3. The summed E-state index contributed by atoms with van der Waals surface area (Å²) in [5, 5.41) is 5.66. The summed E-state index contributed by atoms with van der Waals surface area (Å²) in [7, 11) is 0. The first-order chi connectivity index (χ1) is 12.6. The minimum Gasteiger partial charge on any atom is -0.350 e. The van der Waals surface area contributed by atoms with Crippen LogP contribution in [-0.2, 0) is 9.59 Å². The number of nitrogens with one attached hydrogen (secondary N) is 2. The van der Waals surface area contributed by atoms with Gasteiger partial charge in [0.2, 0.25) is 11.8 Å². The first-order valence-electron chi connectivity index (χ1n) is 9.24. The third-order valence-electron chi connectivity index (χ3n) is 4.49. The Morgan fingerprint density at radius 1 is 1.11 bits per heavy atom. The molecule has 0 saturated carbocycles. The van der Waals surface area contributed by atoms with Crippen LogP contribution in [-0.4, -0.2) is 47.3 Å². The molecule has 1 unspecified atom stereocenters. The Bertz CT molecular complexity index is 689. The minimum atomic E-state index is -0.584. The Balaban J connectivity index is 1.84. The molecule has 1 aliphatic rings. The maximum atomic E-state index is 12.5. The van der Waals surface area contributed by atoms with Gasteiger partial charge >= 0.3 is 0 Å². The first kappa shape index (κ1) is 21.4. The second kappa shape index (κ2) is 8.87. The van der Waals surface area contributed by atoms with Crippen molar-refractivity contribution in [1.82, 2.24) is 15.5 Å². The number of carbonyl (C=O) groups excluding carboxylic acids is 3. The highest BCUT2D eigenvalue weighted by Gasteiger charge is 2.29. The third kappa shape index (κ3) is 6.34. The van der Waals surface area contributed by atoms with Crippen LogP contribution in [0.1, 0.15) is 50.9 Å². The zero-order chi connectivity index (χ0) is 20.2. The highest BCUT2D eigenvalue weighted by atomic mass is 79.9. The van der Waals surface area contributed by atoms with Crippen molar-refractivity contribution in [3.63, 3.8) is 0 Å². The largest absolute Gasteiger partial charge is 0.350 e. The van der Waals surface area contributed by atoms with E-state index in [2.05, 4.69) is 26.6 Å². The molecule has 1 aromatic rings. The molecule has 7 heteroatoms. The lowest BCUT2D eigenvalue weighted by Gasteiger charge is -2.32. The summed E-state index contributed by atoms with van der Waals surface area (Å²) >= 11 is 3.36.